The van der Waals surface area contributed by atoms with E-state index in [1.54, 1.807) is 24.3 Å². The van der Waals surface area contributed by atoms with Gasteiger partial charge in [-0.25, -0.2) is 0 Å². The first-order chi connectivity index (χ1) is 10.1. The highest BCUT2D eigenvalue weighted by molar-refractivity contribution is 5.95. The zero-order valence-electron chi connectivity index (χ0n) is 11.4. The van der Waals surface area contributed by atoms with E-state index in [2.05, 4.69) is 15.5 Å². The predicted octanol–water partition coefficient (Wildman–Crippen LogP) is 1.72. The van der Waals surface area contributed by atoms with E-state index < -0.39 is 5.97 Å². The molecule has 110 valence electrons. The van der Waals surface area contributed by atoms with Gasteiger partial charge in [0.05, 0.1) is 6.42 Å². The van der Waals surface area contributed by atoms with Crippen molar-refractivity contribution in [3.05, 3.63) is 36.2 Å². The van der Waals surface area contributed by atoms with Crippen molar-refractivity contribution in [3.8, 4) is 11.5 Å². The van der Waals surface area contributed by atoms with Gasteiger partial charge in [0.15, 0.2) is 0 Å². The maximum absolute atomic E-state index is 12.0. The molecule has 7 nitrogen and oxygen atoms in total. The third kappa shape index (κ3) is 3.88. The van der Waals surface area contributed by atoms with Crippen molar-refractivity contribution in [3.63, 3.8) is 0 Å². The van der Waals surface area contributed by atoms with Crippen LogP contribution in [0.3, 0.4) is 0 Å². The normalized spacial score (nSPS) is 11.9. The van der Waals surface area contributed by atoms with Crippen LogP contribution in [-0.2, 0) is 4.79 Å². The van der Waals surface area contributed by atoms with Gasteiger partial charge in [0.1, 0.15) is 0 Å². The molecule has 0 aliphatic carbocycles. The number of hydrogen-bond donors (Lipinski definition) is 2. The fraction of sp³-hybridized carbons (Fsp3) is 0.286. The summed E-state index contributed by atoms with van der Waals surface area (Å²) < 4.78 is 5.06. The second kappa shape index (κ2) is 6.65. The Kier molecular flexibility index (Phi) is 4.65. The predicted molar refractivity (Wildman–Crippen MR) is 73.5 cm³/mol. The second-order valence-corrected chi connectivity index (χ2v) is 4.50. The van der Waals surface area contributed by atoms with Gasteiger partial charge in [-0.15, -0.1) is 10.2 Å². The molecule has 1 aromatic heterocycles. The molecule has 2 N–H and O–H groups in total. The molecule has 0 saturated carbocycles. The molecule has 1 aromatic carbocycles. The summed E-state index contributed by atoms with van der Waals surface area (Å²) >= 11 is 0. The molecular formula is C14H15N3O4. The minimum Gasteiger partial charge on any atom is -0.481 e. The van der Waals surface area contributed by atoms with Gasteiger partial charge >= 0.3 is 5.97 Å². The second-order valence-electron chi connectivity index (χ2n) is 4.50. The number of rotatable bonds is 6. The lowest BCUT2D eigenvalue weighted by Gasteiger charge is -2.14. The van der Waals surface area contributed by atoms with Gasteiger partial charge in [-0.2, -0.15) is 0 Å². The highest BCUT2D eigenvalue weighted by Gasteiger charge is 2.15. The standard InChI is InChI=1S/C14H15N3O4/c1-2-11(7-12(18)19)16-13(20)9-3-5-10(6-4-9)14-17-15-8-21-14/h3-6,8,11H,2,7H2,1H3,(H,16,20)(H,18,19). The number of aromatic nitrogens is 2. The molecule has 0 bridgehead atoms. The van der Waals surface area contributed by atoms with Gasteiger partial charge in [0.2, 0.25) is 12.3 Å². The summed E-state index contributed by atoms with van der Waals surface area (Å²) in [5.74, 6) is -0.867. The quantitative estimate of drug-likeness (QED) is 0.838. The third-order valence-electron chi connectivity index (χ3n) is 3.00. The van der Waals surface area contributed by atoms with Crippen LogP contribution in [-0.4, -0.2) is 33.2 Å². The van der Waals surface area contributed by atoms with E-state index in [0.717, 1.165) is 0 Å². The average Bonchev–Trinajstić information content (AvgIpc) is 3.00. The number of carbonyl (C=O) groups is 2. The fourth-order valence-corrected chi connectivity index (χ4v) is 1.84. The number of nitrogens with zero attached hydrogens (tertiary/aromatic N) is 2. The van der Waals surface area contributed by atoms with Gasteiger partial charge < -0.3 is 14.8 Å². The number of carboxylic acid groups (broad SMARTS) is 1. The number of amides is 1. The maximum atomic E-state index is 12.0. The number of nitrogens with one attached hydrogen (secondary N) is 1. The Bertz CT molecular complexity index is 608. The Labute approximate surface area is 121 Å². The number of benzene rings is 1. The molecule has 21 heavy (non-hydrogen) atoms. The Morgan fingerprint density at radius 2 is 2.05 bits per heavy atom. The fourth-order valence-electron chi connectivity index (χ4n) is 1.84. The van der Waals surface area contributed by atoms with E-state index >= 15 is 0 Å². The van der Waals surface area contributed by atoms with Gasteiger partial charge in [-0.1, -0.05) is 6.92 Å². The molecule has 0 aliphatic rings. The number of carboxylic acids is 1. The molecule has 0 aliphatic heterocycles. The summed E-state index contributed by atoms with van der Waals surface area (Å²) in [5.41, 5.74) is 1.16. The van der Waals surface area contributed by atoms with Crippen molar-refractivity contribution >= 4 is 11.9 Å². The van der Waals surface area contributed by atoms with Crippen LogP contribution < -0.4 is 5.32 Å². The van der Waals surface area contributed by atoms with Crippen molar-refractivity contribution in [2.75, 3.05) is 0 Å². The minimum atomic E-state index is -0.936. The highest BCUT2D eigenvalue weighted by atomic mass is 16.4. The van der Waals surface area contributed by atoms with E-state index in [1.807, 2.05) is 6.92 Å². The monoisotopic (exact) mass is 289 g/mol. The summed E-state index contributed by atoms with van der Waals surface area (Å²) in [6, 6.07) is 6.26. The lowest BCUT2D eigenvalue weighted by atomic mass is 10.1. The van der Waals surface area contributed by atoms with Crippen molar-refractivity contribution in [1.82, 2.24) is 15.5 Å². The lowest BCUT2D eigenvalue weighted by molar-refractivity contribution is -0.137. The average molecular weight is 289 g/mol. The molecule has 1 heterocycles. The van der Waals surface area contributed by atoms with Crippen LogP contribution >= 0.6 is 0 Å². The Balaban J connectivity index is 2.04. The van der Waals surface area contributed by atoms with E-state index in [-0.39, 0.29) is 18.4 Å². The number of aliphatic carboxylic acids is 1. The first kappa shape index (κ1) is 14.7. The van der Waals surface area contributed by atoms with Crippen molar-refractivity contribution in [2.45, 2.75) is 25.8 Å². The van der Waals surface area contributed by atoms with Crippen LogP contribution in [0, 0.1) is 0 Å². The van der Waals surface area contributed by atoms with E-state index in [1.165, 1.54) is 6.39 Å². The van der Waals surface area contributed by atoms with Gasteiger partial charge in [0.25, 0.3) is 5.91 Å². The molecule has 1 amide bonds. The molecule has 0 fully saturated rings. The SMILES string of the molecule is CCC(CC(=O)O)NC(=O)c1ccc(-c2nnco2)cc1. The number of hydrogen-bond acceptors (Lipinski definition) is 5. The molecule has 0 spiro atoms. The summed E-state index contributed by atoms with van der Waals surface area (Å²) in [5, 5.41) is 18.8. The first-order valence-electron chi connectivity index (χ1n) is 6.49. The maximum Gasteiger partial charge on any atom is 0.305 e. The lowest BCUT2D eigenvalue weighted by Crippen LogP contribution is -2.35. The van der Waals surface area contributed by atoms with Crippen LogP contribution in [0.15, 0.2) is 35.1 Å². The molecule has 2 aromatic rings. The molecule has 7 heteroatoms. The molecule has 1 unspecified atom stereocenters. The first-order valence-corrected chi connectivity index (χ1v) is 6.49. The Hall–Kier alpha value is -2.70. The third-order valence-corrected chi connectivity index (χ3v) is 3.00. The van der Waals surface area contributed by atoms with Crippen LogP contribution in [0.25, 0.3) is 11.5 Å². The highest BCUT2D eigenvalue weighted by Crippen LogP contribution is 2.16. The van der Waals surface area contributed by atoms with Crippen LogP contribution in [0.1, 0.15) is 30.1 Å². The Morgan fingerprint density at radius 1 is 1.33 bits per heavy atom. The van der Waals surface area contributed by atoms with Gasteiger partial charge in [-0.3, -0.25) is 9.59 Å². The summed E-state index contributed by atoms with van der Waals surface area (Å²) in [6.45, 7) is 1.83. The minimum absolute atomic E-state index is 0.0949. The molecule has 0 saturated heterocycles. The van der Waals surface area contributed by atoms with Crippen LogP contribution in [0.4, 0.5) is 0 Å². The molecule has 1 atom stereocenters. The van der Waals surface area contributed by atoms with Gasteiger partial charge in [-0.05, 0) is 30.7 Å². The van der Waals surface area contributed by atoms with Crippen molar-refractivity contribution in [1.29, 1.82) is 0 Å². The zero-order valence-corrected chi connectivity index (χ0v) is 11.4. The smallest absolute Gasteiger partial charge is 0.305 e. The largest absolute Gasteiger partial charge is 0.481 e. The molecule has 2 rings (SSSR count). The molecule has 0 radical (unpaired) electrons. The van der Waals surface area contributed by atoms with E-state index in [0.29, 0.717) is 23.4 Å². The van der Waals surface area contributed by atoms with Crippen LogP contribution in [0.2, 0.25) is 0 Å². The molecular weight excluding hydrogens is 274 g/mol. The zero-order chi connectivity index (χ0) is 15.2. The summed E-state index contributed by atoms with van der Waals surface area (Å²) in [6.07, 6.45) is 1.69. The Morgan fingerprint density at radius 3 is 2.57 bits per heavy atom. The summed E-state index contributed by atoms with van der Waals surface area (Å²) in [7, 11) is 0. The topological polar surface area (TPSA) is 105 Å². The van der Waals surface area contributed by atoms with Crippen LogP contribution in [0.5, 0.6) is 0 Å². The van der Waals surface area contributed by atoms with Crippen molar-refractivity contribution < 1.29 is 19.1 Å². The number of carbonyl (C=O) groups excluding carboxylic acids is 1. The summed E-state index contributed by atoms with van der Waals surface area (Å²) in [4.78, 5) is 22.7. The van der Waals surface area contributed by atoms with Gasteiger partial charge in [0, 0.05) is 17.2 Å². The van der Waals surface area contributed by atoms with E-state index in [9.17, 15) is 9.59 Å². The van der Waals surface area contributed by atoms with Crippen molar-refractivity contribution in [2.24, 2.45) is 0 Å². The van der Waals surface area contributed by atoms with E-state index in [4.69, 9.17) is 9.52 Å².